The van der Waals surface area contributed by atoms with Crippen LogP contribution in [0.5, 0.6) is 11.5 Å². The summed E-state index contributed by atoms with van der Waals surface area (Å²) in [6.45, 7) is 5.01. The number of nitrogens with zero attached hydrogens (tertiary/aromatic N) is 1. The predicted octanol–water partition coefficient (Wildman–Crippen LogP) is 7.40. The van der Waals surface area contributed by atoms with E-state index in [-0.39, 0.29) is 0 Å². The van der Waals surface area contributed by atoms with Gasteiger partial charge in [-0.1, -0.05) is 57.9 Å². The van der Waals surface area contributed by atoms with Gasteiger partial charge in [-0.15, -0.1) is 0 Å². The monoisotopic (exact) mass is 573 g/mol. The zero-order valence-corrected chi connectivity index (χ0v) is 20.5. The van der Waals surface area contributed by atoms with Crippen LogP contribution in [0.15, 0.2) is 65.1 Å². The van der Waals surface area contributed by atoms with Gasteiger partial charge in [0.05, 0.1) is 21.8 Å². The molecule has 0 aliphatic rings. The lowest BCUT2D eigenvalue weighted by Crippen LogP contribution is -2.02. The second kappa shape index (κ2) is 10.6. The molecule has 30 heavy (non-hydrogen) atoms. The van der Waals surface area contributed by atoms with E-state index < -0.39 is 0 Å². The third-order valence-electron chi connectivity index (χ3n) is 4.42. The Morgan fingerprint density at radius 2 is 1.77 bits per heavy atom. The molecule has 3 aromatic carbocycles. The zero-order chi connectivity index (χ0) is 21.5. The first-order chi connectivity index (χ1) is 14.5. The van der Waals surface area contributed by atoms with Gasteiger partial charge in [-0.05, 0) is 83.5 Å². The average Bonchev–Trinajstić information content (AvgIpc) is 2.73. The van der Waals surface area contributed by atoms with Crippen molar-refractivity contribution < 1.29 is 9.47 Å². The minimum atomic E-state index is 0.466. The summed E-state index contributed by atoms with van der Waals surface area (Å²) >= 11 is 5.68. The van der Waals surface area contributed by atoms with Crippen LogP contribution in [-0.2, 0) is 6.61 Å². The van der Waals surface area contributed by atoms with Gasteiger partial charge < -0.3 is 9.47 Å². The van der Waals surface area contributed by atoms with Gasteiger partial charge >= 0.3 is 0 Å². The van der Waals surface area contributed by atoms with Gasteiger partial charge in [0.1, 0.15) is 6.61 Å². The van der Waals surface area contributed by atoms with Crippen LogP contribution in [0.1, 0.15) is 29.2 Å². The molecule has 0 radical (unpaired) electrons. The van der Waals surface area contributed by atoms with Gasteiger partial charge in [-0.3, -0.25) is 0 Å². The molecule has 5 heteroatoms. The predicted molar refractivity (Wildman–Crippen MR) is 133 cm³/mol. The molecule has 0 aliphatic heterocycles. The van der Waals surface area contributed by atoms with Crippen LogP contribution in [0.3, 0.4) is 0 Å². The number of ether oxygens (including phenoxy) is 2. The van der Waals surface area contributed by atoms with Crippen molar-refractivity contribution in [3.63, 3.8) is 0 Å². The lowest BCUT2D eigenvalue weighted by atomic mass is 10.0. The van der Waals surface area contributed by atoms with Crippen LogP contribution in [0, 0.1) is 21.8 Å². The summed E-state index contributed by atoms with van der Waals surface area (Å²) in [5, 5.41) is 9.65. The number of halogens is 2. The SMILES string of the molecule is CCOc1cc(/C=C(\C#N)c2ccc(Br)cc2)cc(I)c1OCc1ccc(C)cc1. The lowest BCUT2D eigenvalue weighted by Gasteiger charge is -2.15. The molecule has 152 valence electrons. The van der Waals surface area contributed by atoms with Crippen LogP contribution in [0.25, 0.3) is 11.6 Å². The standard InChI is InChI=1S/C25H21BrINO2/c1-3-29-24-14-19(12-21(15-28)20-8-10-22(26)11-9-20)13-23(27)25(24)30-16-18-6-4-17(2)5-7-18/h4-14H,3,16H2,1-2H3/b21-12+. The van der Waals surface area contributed by atoms with Crippen LogP contribution >= 0.6 is 38.5 Å². The number of nitriles is 1. The molecule has 0 fully saturated rings. The highest BCUT2D eigenvalue weighted by Gasteiger charge is 2.13. The van der Waals surface area contributed by atoms with Crippen molar-refractivity contribution >= 4 is 50.2 Å². The van der Waals surface area contributed by atoms with Crippen molar-refractivity contribution in [2.45, 2.75) is 20.5 Å². The van der Waals surface area contributed by atoms with Gasteiger partial charge in [-0.25, -0.2) is 0 Å². The minimum absolute atomic E-state index is 0.466. The summed E-state index contributed by atoms with van der Waals surface area (Å²) in [5.74, 6) is 1.40. The Labute approximate surface area is 199 Å². The number of hydrogen-bond donors (Lipinski definition) is 0. The van der Waals surface area contributed by atoms with Crippen molar-refractivity contribution in [2.24, 2.45) is 0 Å². The summed E-state index contributed by atoms with van der Waals surface area (Å²) in [7, 11) is 0. The molecule has 3 aromatic rings. The first kappa shape index (κ1) is 22.4. The molecule has 3 nitrogen and oxygen atoms in total. The van der Waals surface area contributed by atoms with Gasteiger partial charge in [0.2, 0.25) is 0 Å². The minimum Gasteiger partial charge on any atom is -0.490 e. The molecule has 0 aromatic heterocycles. The molecule has 0 atom stereocenters. The van der Waals surface area contributed by atoms with Crippen LogP contribution in [0.2, 0.25) is 0 Å². The highest BCUT2D eigenvalue weighted by molar-refractivity contribution is 14.1. The van der Waals surface area contributed by atoms with Crippen molar-refractivity contribution in [1.82, 2.24) is 0 Å². The molecule has 0 N–H and O–H groups in total. The summed E-state index contributed by atoms with van der Waals surface area (Å²) in [5.41, 5.74) is 4.68. The third kappa shape index (κ3) is 5.87. The van der Waals surface area contributed by atoms with Crippen LogP contribution < -0.4 is 9.47 Å². The number of hydrogen-bond acceptors (Lipinski definition) is 3. The fraction of sp³-hybridized carbons (Fsp3) is 0.160. The fourth-order valence-electron chi connectivity index (χ4n) is 2.89. The maximum atomic E-state index is 9.65. The number of aryl methyl sites for hydroxylation is 1. The molecule has 0 spiro atoms. The van der Waals surface area contributed by atoms with Gasteiger partial charge in [-0.2, -0.15) is 5.26 Å². The molecule has 0 amide bonds. The van der Waals surface area contributed by atoms with Crippen LogP contribution in [0.4, 0.5) is 0 Å². The molecule has 0 aliphatic carbocycles. The Hall–Kier alpha value is -2.30. The molecule has 0 unspecified atom stereocenters. The fourth-order valence-corrected chi connectivity index (χ4v) is 3.94. The Morgan fingerprint density at radius 1 is 1.07 bits per heavy atom. The molecule has 0 saturated heterocycles. The van der Waals surface area contributed by atoms with E-state index in [1.54, 1.807) is 0 Å². The first-order valence-corrected chi connectivity index (χ1v) is 11.4. The lowest BCUT2D eigenvalue weighted by molar-refractivity contribution is 0.267. The Morgan fingerprint density at radius 3 is 2.40 bits per heavy atom. The van der Waals surface area contributed by atoms with Gasteiger partial charge in [0.15, 0.2) is 11.5 Å². The van der Waals surface area contributed by atoms with E-state index in [2.05, 4.69) is 75.8 Å². The maximum absolute atomic E-state index is 9.65. The Kier molecular flexibility index (Phi) is 7.94. The quantitative estimate of drug-likeness (QED) is 0.168. The zero-order valence-electron chi connectivity index (χ0n) is 16.8. The van der Waals surface area contributed by atoms with E-state index >= 15 is 0 Å². The third-order valence-corrected chi connectivity index (χ3v) is 5.75. The number of rotatable bonds is 7. The highest BCUT2D eigenvalue weighted by Crippen LogP contribution is 2.36. The molecule has 0 saturated carbocycles. The molecule has 0 bridgehead atoms. The van der Waals surface area contributed by atoms with Crippen molar-refractivity contribution in [3.8, 4) is 17.6 Å². The van der Waals surface area contributed by atoms with E-state index in [0.717, 1.165) is 30.5 Å². The largest absolute Gasteiger partial charge is 0.490 e. The summed E-state index contributed by atoms with van der Waals surface area (Å²) in [4.78, 5) is 0. The van der Waals surface area contributed by atoms with E-state index in [1.807, 2.05) is 49.4 Å². The topological polar surface area (TPSA) is 42.2 Å². The summed E-state index contributed by atoms with van der Waals surface area (Å²) < 4.78 is 13.9. The molecular weight excluding hydrogens is 553 g/mol. The number of allylic oxidation sites excluding steroid dienone is 1. The molecular formula is C25H21BrINO2. The van der Waals surface area contributed by atoms with Crippen LogP contribution in [-0.4, -0.2) is 6.61 Å². The van der Waals surface area contributed by atoms with E-state index in [4.69, 9.17) is 9.47 Å². The average molecular weight is 574 g/mol. The first-order valence-electron chi connectivity index (χ1n) is 9.52. The summed E-state index contributed by atoms with van der Waals surface area (Å²) in [6, 6.07) is 22.2. The van der Waals surface area contributed by atoms with Crippen molar-refractivity contribution in [3.05, 3.63) is 91.0 Å². The smallest absolute Gasteiger partial charge is 0.175 e. The van der Waals surface area contributed by atoms with Gasteiger partial charge in [0.25, 0.3) is 0 Å². The second-order valence-corrected chi connectivity index (χ2v) is 8.79. The van der Waals surface area contributed by atoms with E-state index in [1.165, 1.54) is 5.56 Å². The normalized spacial score (nSPS) is 11.1. The second-order valence-electron chi connectivity index (χ2n) is 6.71. The van der Waals surface area contributed by atoms with Crippen molar-refractivity contribution in [1.29, 1.82) is 5.26 Å². The van der Waals surface area contributed by atoms with Crippen molar-refractivity contribution in [2.75, 3.05) is 6.61 Å². The maximum Gasteiger partial charge on any atom is 0.175 e. The highest BCUT2D eigenvalue weighted by atomic mass is 127. The van der Waals surface area contributed by atoms with E-state index in [0.29, 0.717) is 24.5 Å². The number of benzene rings is 3. The molecule has 0 heterocycles. The Bertz CT molecular complexity index is 1080. The van der Waals surface area contributed by atoms with E-state index in [9.17, 15) is 5.26 Å². The molecule has 3 rings (SSSR count). The Balaban J connectivity index is 1.90. The summed E-state index contributed by atoms with van der Waals surface area (Å²) in [6.07, 6.45) is 1.87. The van der Waals surface area contributed by atoms with Gasteiger partial charge in [0, 0.05) is 4.47 Å².